The molecule has 2 aliphatic heterocycles. The van der Waals surface area contributed by atoms with Crippen molar-refractivity contribution in [1.29, 1.82) is 0 Å². The Labute approximate surface area is 104 Å². The van der Waals surface area contributed by atoms with E-state index in [1.165, 1.54) is 12.8 Å². The molecule has 0 aromatic heterocycles. The molecule has 3 nitrogen and oxygen atoms in total. The average molecular weight is 234 g/mol. The molecule has 3 heteroatoms. The van der Waals surface area contributed by atoms with Crippen molar-refractivity contribution < 1.29 is 4.79 Å². The molecule has 2 saturated heterocycles. The van der Waals surface area contributed by atoms with Crippen molar-refractivity contribution in [1.82, 2.24) is 10.6 Å². The van der Waals surface area contributed by atoms with Gasteiger partial charge in [0.05, 0.1) is 5.54 Å². The highest BCUT2D eigenvalue weighted by molar-refractivity contribution is 5.77. The lowest BCUT2D eigenvalue weighted by molar-refractivity contribution is -0.123. The van der Waals surface area contributed by atoms with Crippen LogP contribution in [0.15, 0.2) is 0 Å². The Morgan fingerprint density at radius 3 is 2.53 bits per heavy atom. The lowest BCUT2D eigenvalue weighted by atomic mass is 9.89. The van der Waals surface area contributed by atoms with Crippen LogP contribution in [0.1, 0.15) is 46.0 Å². The van der Waals surface area contributed by atoms with Gasteiger partial charge >= 0.3 is 0 Å². The number of rotatable bonds is 3. The van der Waals surface area contributed by atoms with Crippen LogP contribution < -0.4 is 10.6 Å². The topological polar surface area (TPSA) is 41.1 Å². The lowest BCUT2D eigenvalue weighted by Gasteiger charge is -2.29. The quantitative estimate of drug-likeness (QED) is 0.725. The van der Waals surface area contributed by atoms with E-state index in [1.54, 1.807) is 0 Å². The molecule has 0 spiro atoms. The van der Waals surface area contributed by atoms with Crippen molar-refractivity contribution in [3.05, 3.63) is 0 Å². The van der Waals surface area contributed by atoms with E-state index in [0.29, 0.717) is 24.4 Å². The van der Waals surface area contributed by atoms with E-state index < -0.39 is 5.54 Å². The van der Waals surface area contributed by atoms with Gasteiger partial charge in [-0.2, -0.15) is 0 Å². The predicted octanol–water partition coefficient (Wildman–Crippen LogP) is 1.44. The van der Waals surface area contributed by atoms with Gasteiger partial charge in [0.15, 0.2) is 0 Å². The summed E-state index contributed by atoms with van der Waals surface area (Å²) in [5, 5.41) is 6.50. The number of fused-ring (bicyclic) bond motifs is 2. The van der Waals surface area contributed by atoms with Crippen molar-refractivity contribution >= 4 is 5.91 Å². The molecule has 0 aromatic carbocycles. The first-order chi connectivity index (χ1) is 7.98. The zero-order valence-electron chi connectivity index (χ0n) is 10.8. The van der Waals surface area contributed by atoms with Gasteiger partial charge in [0.2, 0.25) is 5.91 Å². The fourth-order valence-corrected chi connectivity index (χ4v) is 3.04. The molecule has 94 valence electrons. The molecule has 2 bridgehead atoms. The van der Waals surface area contributed by atoms with E-state index in [2.05, 4.69) is 16.6 Å². The summed E-state index contributed by atoms with van der Waals surface area (Å²) >= 11 is 0. The highest BCUT2D eigenvalue weighted by atomic mass is 16.1. The molecule has 2 aliphatic rings. The molecule has 0 aliphatic carbocycles. The van der Waals surface area contributed by atoms with Crippen LogP contribution in [0.5, 0.6) is 0 Å². The molecular formula is C14H22N2O. The van der Waals surface area contributed by atoms with Gasteiger partial charge in [-0.15, -0.1) is 6.42 Å². The Kier molecular flexibility index (Phi) is 3.44. The van der Waals surface area contributed by atoms with E-state index >= 15 is 0 Å². The van der Waals surface area contributed by atoms with Crippen molar-refractivity contribution in [3.8, 4) is 12.3 Å². The maximum atomic E-state index is 11.9. The molecular weight excluding hydrogens is 212 g/mol. The van der Waals surface area contributed by atoms with Crippen molar-refractivity contribution in [3.63, 3.8) is 0 Å². The second-order valence-corrected chi connectivity index (χ2v) is 6.00. The van der Waals surface area contributed by atoms with Crippen LogP contribution in [0.2, 0.25) is 0 Å². The molecule has 0 saturated carbocycles. The first-order valence-electron chi connectivity index (χ1n) is 6.53. The smallest absolute Gasteiger partial charge is 0.221 e. The van der Waals surface area contributed by atoms with Gasteiger partial charge in [-0.05, 0) is 45.4 Å². The van der Waals surface area contributed by atoms with Gasteiger partial charge in [-0.1, -0.05) is 5.92 Å². The van der Waals surface area contributed by atoms with Crippen LogP contribution in [0, 0.1) is 18.3 Å². The number of piperidine rings is 1. The van der Waals surface area contributed by atoms with Gasteiger partial charge < -0.3 is 10.6 Å². The van der Waals surface area contributed by atoms with E-state index in [1.807, 2.05) is 13.8 Å². The highest BCUT2D eigenvalue weighted by Crippen LogP contribution is 2.32. The average Bonchev–Trinajstić information content (AvgIpc) is 2.57. The first kappa shape index (κ1) is 12.4. The van der Waals surface area contributed by atoms with E-state index in [4.69, 9.17) is 6.42 Å². The molecule has 0 radical (unpaired) electrons. The molecule has 2 fully saturated rings. The van der Waals surface area contributed by atoms with Crippen LogP contribution in [-0.4, -0.2) is 23.5 Å². The maximum Gasteiger partial charge on any atom is 0.221 e. The molecule has 2 N–H and O–H groups in total. The third kappa shape index (κ3) is 3.23. The number of amides is 1. The van der Waals surface area contributed by atoms with Crippen LogP contribution in [0.3, 0.4) is 0 Å². The molecule has 2 atom stereocenters. The number of carbonyl (C=O) groups excluding carboxylic acids is 1. The summed E-state index contributed by atoms with van der Waals surface area (Å²) in [6, 6.07) is 1.29. The van der Waals surface area contributed by atoms with Crippen LogP contribution in [0.4, 0.5) is 0 Å². The van der Waals surface area contributed by atoms with Gasteiger partial charge in [0, 0.05) is 18.5 Å². The molecule has 2 rings (SSSR count). The summed E-state index contributed by atoms with van der Waals surface area (Å²) < 4.78 is 0. The largest absolute Gasteiger partial charge is 0.340 e. The number of carbonyl (C=O) groups is 1. The maximum absolute atomic E-state index is 11.9. The second-order valence-electron chi connectivity index (χ2n) is 6.00. The number of terminal acetylenes is 1. The fraction of sp³-hybridized carbons (Fsp3) is 0.786. The number of hydrogen-bond donors (Lipinski definition) is 2. The van der Waals surface area contributed by atoms with Gasteiger partial charge in [0.25, 0.3) is 0 Å². The molecule has 1 amide bonds. The van der Waals surface area contributed by atoms with E-state index in [-0.39, 0.29) is 5.91 Å². The van der Waals surface area contributed by atoms with Gasteiger partial charge in [0.1, 0.15) is 0 Å². The van der Waals surface area contributed by atoms with Crippen LogP contribution >= 0.6 is 0 Å². The Morgan fingerprint density at radius 1 is 1.41 bits per heavy atom. The minimum absolute atomic E-state index is 0.0965. The summed E-state index contributed by atoms with van der Waals surface area (Å²) in [4.78, 5) is 11.9. The molecule has 2 heterocycles. The Balaban J connectivity index is 1.82. The Morgan fingerprint density at radius 2 is 2.00 bits per heavy atom. The zero-order chi connectivity index (χ0) is 12.5. The van der Waals surface area contributed by atoms with Gasteiger partial charge in [-0.3, -0.25) is 4.79 Å². The van der Waals surface area contributed by atoms with Crippen LogP contribution in [-0.2, 0) is 4.79 Å². The molecule has 2 unspecified atom stereocenters. The number of nitrogens with one attached hydrogen (secondary N) is 2. The van der Waals surface area contributed by atoms with E-state index in [9.17, 15) is 4.79 Å². The lowest BCUT2D eigenvalue weighted by Crippen LogP contribution is -2.44. The fourth-order valence-electron chi connectivity index (χ4n) is 3.04. The highest BCUT2D eigenvalue weighted by Gasteiger charge is 2.34. The molecule has 17 heavy (non-hydrogen) atoms. The Hall–Kier alpha value is -1.01. The van der Waals surface area contributed by atoms with Crippen LogP contribution in [0.25, 0.3) is 0 Å². The van der Waals surface area contributed by atoms with E-state index in [0.717, 1.165) is 12.8 Å². The minimum Gasteiger partial charge on any atom is -0.340 e. The number of hydrogen-bond acceptors (Lipinski definition) is 2. The first-order valence-corrected chi connectivity index (χ1v) is 6.53. The van der Waals surface area contributed by atoms with Crippen molar-refractivity contribution in [2.24, 2.45) is 5.92 Å². The zero-order valence-corrected chi connectivity index (χ0v) is 10.8. The summed E-state index contributed by atoms with van der Waals surface area (Å²) in [5.74, 6) is 3.22. The third-order valence-corrected chi connectivity index (χ3v) is 3.86. The molecule has 0 aromatic rings. The minimum atomic E-state index is -0.525. The van der Waals surface area contributed by atoms with Crippen molar-refractivity contribution in [2.45, 2.75) is 63.6 Å². The standard InChI is InChI=1S/C14H22N2O/c1-4-14(2,3)16-13(17)9-10-7-11-5-6-12(8-10)15-11/h1,10-12,15H,5-9H2,2-3H3,(H,16,17). The summed E-state index contributed by atoms with van der Waals surface area (Å²) in [6.45, 7) is 3.72. The summed E-state index contributed by atoms with van der Waals surface area (Å²) in [5.41, 5.74) is -0.525. The monoisotopic (exact) mass is 234 g/mol. The third-order valence-electron chi connectivity index (χ3n) is 3.86. The Bertz CT molecular complexity index is 331. The normalized spacial score (nSPS) is 31.9. The SMILES string of the molecule is C#CC(C)(C)NC(=O)CC1CC2CCC(C1)N2. The summed E-state index contributed by atoms with van der Waals surface area (Å²) in [7, 11) is 0. The summed E-state index contributed by atoms with van der Waals surface area (Å²) in [6.07, 6.45) is 10.8. The second kappa shape index (κ2) is 4.70. The van der Waals surface area contributed by atoms with Crippen molar-refractivity contribution in [2.75, 3.05) is 0 Å². The predicted molar refractivity (Wildman–Crippen MR) is 68.3 cm³/mol. The van der Waals surface area contributed by atoms with Gasteiger partial charge in [-0.25, -0.2) is 0 Å².